The van der Waals surface area contributed by atoms with Gasteiger partial charge in [-0.05, 0) is 23.8 Å². The minimum atomic E-state index is -0.807. The van der Waals surface area contributed by atoms with E-state index in [1.54, 1.807) is 12.3 Å². The van der Waals surface area contributed by atoms with Gasteiger partial charge in [0, 0.05) is 34.1 Å². The molecule has 0 unspecified atom stereocenters. The van der Waals surface area contributed by atoms with E-state index >= 15 is 0 Å². The zero-order chi connectivity index (χ0) is 17.1. The second kappa shape index (κ2) is 7.07. The van der Waals surface area contributed by atoms with E-state index in [0.717, 1.165) is 22.6 Å². The van der Waals surface area contributed by atoms with Crippen LogP contribution in [0.1, 0.15) is 20.8 Å². The lowest BCUT2D eigenvalue weighted by atomic mass is 10.1. The van der Waals surface area contributed by atoms with Crippen LogP contribution >= 0.6 is 22.9 Å². The van der Waals surface area contributed by atoms with Crippen LogP contribution in [0.3, 0.4) is 0 Å². The SMILES string of the molecule is O=C(Nc1ncc(Cc2ccccc2Cl)s1)c1cc(F)cc(F)c1. The molecular formula is C17H11ClF2N2OS. The molecule has 3 aromatic rings. The first-order valence-corrected chi connectivity index (χ1v) is 8.16. The molecule has 3 rings (SSSR count). The number of hydrogen-bond donors (Lipinski definition) is 1. The summed E-state index contributed by atoms with van der Waals surface area (Å²) in [4.78, 5) is 17.1. The van der Waals surface area contributed by atoms with Crippen molar-refractivity contribution in [2.75, 3.05) is 5.32 Å². The molecule has 3 nitrogen and oxygen atoms in total. The molecule has 0 aliphatic heterocycles. The first-order valence-electron chi connectivity index (χ1n) is 6.97. The highest BCUT2D eigenvalue weighted by Crippen LogP contribution is 2.25. The topological polar surface area (TPSA) is 42.0 Å². The molecule has 1 amide bonds. The van der Waals surface area contributed by atoms with Gasteiger partial charge in [-0.2, -0.15) is 0 Å². The van der Waals surface area contributed by atoms with Crippen LogP contribution in [0, 0.1) is 11.6 Å². The summed E-state index contributed by atoms with van der Waals surface area (Å²) in [7, 11) is 0. The number of nitrogens with one attached hydrogen (secondary N) is 1. The van der Waals surface area contributed by atoms with Gasteiger partial charge in [-0.3, -0.25) is 10.1 Å². The lowest BCUT2D eigenvalue weighted by Crippen LogP contribution is -2.12. The molecule has 1 aromatic heterocycles. The smallest absolute Gasteiger partial charge is 0.257 e. The molecule has 24 heavy (non-hydrogen) atoms. The summed E-state index contributed by atoms with van der Waals surface area (Å²) in [6.45, 7) is 0. The van der Waals surface area contributed by atoms with E-state index in [1.165, 1.54) is 11.3 Å². The van der Waals surface area contributed by atoms with E-state index in [2.05, 4.69) is 10.3 Å². The number of rotatable bonds is 4. The van der Waals surface area contributed by atoms with E-state index in [4.69, 9.17) is 11.6 Å². The molecule has 0 bridgehead atoms. The number of amides is 1. The Hall–Kier alpha value is -2.31. The maximum atomic E-state index is 13.2. The van der Waals surface area contributed by atoms with Gasteiger partial charge in [0.05, 0.1) is 0 Å². The number of thiazole rings is 1. The Morgan fingerprint density at radius 2 is 1.88 bits per heavy atom. The van der Waals surface area contributed by atoms with Gasteiger partial charge in [-0.25, -0.2) is 13.8 Å². The summed E-state index contributed by atoms with van der Waals surface area (Å²) in [6.07, 6.45) is 2.22. The highest BCUT2D eigenvalue weighted by molar-refractivity contribution is 7.15. The van der Waals surface area contributed by atoms with Crippen molar-refractivity contribution < 1.29 is 13.6 Å². The highest BCUT2D eigenvalue weighted by atomic mass is 35.5. The van der Waals surface area contributed by atoms with Crippen LogP contribution in [-0.2, 0) is 6.42 Å². The maximum absolute atomic E-state index is 13.2. The van der Waals surface area contributed by atoms with Crippen molar-refractivity contribution in [2.24, 2.45) is 0 Å². The van der Waals surface area contributed by atoms with E-state index < -0.39 is 17.5 Å². The Bertz CT molecular complexity index is 878. The second-order valence-corrected chi connectivity index (χ2v) is 6.53. The predicted octanol–water partition coefficient (Wildman–Crippen LogP) is 4.92. The van der Waals surface area contributed by atoms with Gasteiger partial charge < -0.3 is 0 Å². The number of hydrogen-bond acceptors (Lipinski definition) is 3. The van der Waals surface area contributed by atoms with Crippen molar-refractivity contribution in [3.63, 3.8) is 0 Å². The van der Waals surface area contributed by atoms with Crippen LogP contribution < -0.4 is 5.32 Å². The minimum Gasteiger partial charge on any atom is -0.298 e. The third kappa shape index (κ3) is 3.96. The fourth-order valence-corrected chi connectivity index (χ4v) is 3.16. The van der Waals surface area contributed by atoms with Crippen LogP contribution in [0.4, 0.5) is 13.9 Å². The zero-order valence-corrected chi connectivity index (χ0v) is 13.8. The molecule has 0 saturated carbocycles. The first-order chi connectivity index (χ1) is 11.5. The fraction of sp³-hybridized carbons (Fsp3) is 0.0588. The summed E-state index contributed by atoms with van der Waals surface area (Å²) in [5.41, 5.74) is 0.850. The normalized spacial score (nSPS) is 10.6. The molecule has 0 fully saturated rings. The van der Waals surface area contributed by atoms with Crippen molar-refractivity contribution in [3.8, 4) is 0 Å². The third-order valence-corrected chi connectivity index (χ3v) is 4.50. The molecule has 2 aromatic carbocycles. The Morgan fingerprint density at radius 3 is 2.58 bits per heavy atom. The largest absolute Gasteiger partial charge is 0.298 e. The van der Waals surface area contributed by atoms with Gasteiger partial charge in [-0.1, -0.05) is 29.8 Å². The number of carbonyl (C=O) groups excluding carboxylic acids is 1. The number of carbonyl (C=O) groups is 1. The number of halogens is 3. The predicted molar refractivity (Wildman–Crippen MR) is 90.7 cm³/mol. The molecule has 0 aliphatic carbocycles. The molecule has 122 valence electrons. The monoisotopic (exact) mass is 364 g/mol. The summed E-state index contributed by atoms with van der Waals surface area (Å²) < 4.78 is 26.3. The van der Waals surface area contributed by atoms with Crippen LogP contribution in [-0.4, -0.2) is 10.9 Å². The second-order valence-electron chi connectivity index (χ2n) is 5.01. The molecule has 0 saturated heterocycles. The standard InChI is InChI=1S/C17H11ClF2N2OS/c18-15-4-2-1-3-10(15)7-14-9-21-17(24-14)22-16(23)11-5-12(19)8-13(20)6-11/h1-6,8-9H,7H2,(H,21,22,23). The van der Waals surface area contributed by atoms with Crippen molar-refractivity contribution in [1.29, 1.82) is 0 Å². The summed E-state index contributed by atoms with van der Waals surface area (Å²) >= 11 is 7.40. The average Bonchev–Trinajstić information content (AvgIpc) is 2.96. The number of nitrogens with zero attached hydrogens (tertiary/aromatic N) is 1. The van der Waals surface area contributed by atoms with Gasteiger partial charge in [0.25, 0.3) is 5.91 Å². The van der Waals surface area contributed by atoms with Crippen molar-refractivity contribution >= 4 is 34.0 Å². The number of anilines is 1. The Kier molecular flexibility index (Phi) is 4.87. The van der Waals surface area contributed by atoms with E-state index in [1.807, 2.05) is 18.2 Å². The van der Waals surface area contributed by atoms with E-state index in [0.29, 0.717) is 22.6 Å². The average molecular weight is 365 g/mol. The summed E-state index contributed by atoms with van der Waals surface area (Å²) in [6, 6.07) is 10.1. The van der Waals surface area contributed by atoms with Gasteiger partial charge in [0.2, 0.25) is 0 Å². The first kappa shape index (κ1) is 16.5. The van der Waals surface area contributed by atoms with Crippen LogP contribution in [0.15, 0.2) is 48.7 Å². The highest BCUT2D eigenvalue weighted by Gasteiger charge is 2.12. The van der Waals surface area contributed by atoms with Crippen LogP contribution in [0.5, 0.6) is 0 Å². The van der Waals surface area contributed by atoms with Gasteiger partial charge in [0.15, 0.2) is 5.13 Å². The number of aromatic nitrogens is 1. The summed E-state index contributed by atoms with van der Waals surface area (Å²) in [5.74, 6) is -2.23. The number of benzene rings is 2. The van der Waals surface area contributed by atoms with Gasteiger partial charge in [0.1, 0.15) is 11.6 Å². The molecule has 0 atom stereocenters. The van der Waals surface area contributed by atoms with Gasteiger partial charge >= 0.3 is 0 Å². The molecule has 1 heterocycles. The van der Waals surface area contributed by atoms with Gasteiger partial charge in [-0.15, -0.1) is 11.3 Å². The van der Waals surface area contributed by atoms with Crippen molar-refractivity contribution in [2.45, 2.75) is 6.42 Å². The Balaban J connectivity index is 1.72. The Labute approximate surface area is 145 Å². The zero-order valence-electron chi connectivity index (χ0n) is 12.2. The van der Waals surface area contributed by atoms with Crippen molar-refractivity contribution in [1.82, 2.24) is 4.98 Å². The lowest BCUT2D eigenvalue weighted by molar-refractivity contribution is 0.102. The molecule has 0 spiro atoms. The molecule has 1 N–H and O–H groups in total. The van der Waals surface area contributed by atoms with Crippen molar-refractivity contribution in [3.05, 3.63) is 81.3 Å². The maximum Gasteiger partial charge on any atom is 0.257 e. The fourth-order valence-electron chi connectivity index (χ4n) is 2.13. The third-order valence-electron chi connectivity index (χ3n) is 3.22. The summed E-state index contributed by atoms with van der Waals surface area (Å²) in [5, 5.41) is 3.55. The minimum absolute atomic E-state index is 0.102. The molecular weight excluding hydrogens is 354 g/mol. The molecule has 0 radical (unpaired) electrons. The van der Waals surface area contributed by atoms with Crippen LogP contribution in [0.25, 0.3) is 0 Å². The van der Waals surface area contributed by atoms with E-state index in [-0.39, 0.29) is 5.56 Å². The molecule has 0 aliphatic rings. The Morgan fingerprint density at radius 1 is 1.17 bits per heavy atom. The lowest BCUT2D eigenvalue weighted by Gasteiger charge is -2.02. The van der Waals surface area contributed by atoms with E-state index in [9.17, 15) is 13.6 Å². The quantitative estimate of drug-likeness (QED) is 0.714. The van der Waals surface area contributed by atoms with Crippen LogP contribution in [0.2, 0.25) is 5.02 Å². The molecule has 7 heteroatoms.